The van der Waals surface area contributed by atoms with Crippen molar-refractivity contribution < 1.29 is 9.72 Å². The maximum atomic E-state index is 12.6. The summed E-state index contributed by atoms with van der Waals surface area (Å²) in [5.74, 6) is -0.347. The van der Waals surface area contributed by atoms with Crippen LogP contribution in [0.4, 0.5) is 5.69 Å². The molecule has 0 aliphatic carbocycles. The first-order valence-corrected chi connectivity index (χ1v) is 8.42. The van der Waals surface area contributed by atoms with E-state index < -0.39 is 4.92 Å². The Labute approximate surface area is 156 Å². The molecule has 0 bridgehead atoms. The number of non-ortho nitro benzene ring substituents is 1. The van der Waals surface area contributed by atoms with Gasteiger partial charge in [0.05, 0.1) is 22.3 Å². The van der Waals surface area contributed by atoms with Crippen molar-refractivity contribution in [1.29, 1.82) is 0 Å². The van der Waals surface area contributed by atoms with E-state index in [1.54, 1.807) is 19.1 Å². The van der Waals surface area contributed by atoms with Crippen molar-refractivity contribution in [3.63, 3.8) is 0 Å². The molecule has 0 spiro atoms. The summed E-state index contributed by atoms with van der Waals surface area (Å²) in [7, 11) is 0. The van der Waals surface area contributed by atoms with E-state index >= 15 is 0 Å². The molecule has 2 aromatic carbocycles. The summed E-state index contributed by atoms with van der Waals surface area (Å²) in [5.41, 5.74) is 3.21. The number of carbonyl (C=O) groups is 1. The molecular formula is C19H19N5O3. The largest absolute Gasteiger partial charge is 0.344 e. The van der Waals surface area contributed by atoms with E-state index in [4.69, 9.17) is 0 Å². The van der Waals surface area contributed by atoms with Gasteiger partial charge in [-0.25, -0.2) is 4.68 Å². The minimum Gasteiger partial charge on any atom is -0.344 e. The maximum absolute atomic E-state index is 12.6. The van der Waals surface area contributed by atoms with Crippen LogP contribution in [0.2, 0.25) is 0 Å². The number of nitro groups is 1. The van der Waals surface area contributed by atoms with E-state index in [1.807, 2.05) is 38.1 Å². The van der Waals surface area contributed by atoms with Gasteiger partial charge in [0.15, 0.2) is 5.69 Å². The number of aryl methyl sites for hydroxylation is 1. The summed E-state index contributed by atoms with van der Waals surface area (Å²) in [4.78, 5) is 23.1. The molecule has 1 aromatic heterocycles. The molecule has 1 amide bonds. The van der Waals surface area contributed by atoms with E-state index in [-0.39, 0.29) is 23.3 Å². The normalized spacial score (nSPS) is 11.8. The van der Waals surface area contributed by atoms with Gasteiger partial charge in [0.1, 0.15) is 0 Å². The van der Waals surface area contributed by atoms with Gasteiger partial charge in [0, 0.05) is 12.1 Å². The van der Waals surface area contributed by atoms with Crippen molar-refractivity contribution in [2.75, 3.05) is 0 Å². The number of benzene rings is 2. The van der Waals surface area contributed by atoms with Gasteiger partial charge in [-0.15, -0.1) is 5.10 Å². The molecule has 0 radical (unpaired) electrons. The third kappa shape index (κ3) is 3.69. The zero-order valence-electron chi connectivity index (χ0n) is 15.2. The lowest BCUT2D eigenvalue weighted by Crippen LogP contribution is -2.28. The summed E-state index contributed by atoms with van der Waals surface area (Å²) in [6.07, 6.45) is 0. The number of nitrogens with zero attached hydrogens (tertiary/aromatic N) is 4. The van der Waals surface area contributed by atoms with Crippen LogP contribution in [0.3, 0.4) is 0 Å². The number of rotatable bonds is 5. The number of nitrogens with one attached hydrogen (secondary N) is 1. The molecule has 1 atom stereocenters. The summed E-state index contributed by atoms with van der Waals surface area (Å²) >= 11 is 0. The molecule has 27 heavy (non-hydrogen) atoms. The van der Waals surface area contributed by atoms with Crippen molar-refractivity contribution in [3.8, 4) is 5.69 Å². The topological polar surface area (TPSA) is 103 Å². The van der Waals surface area contributed by atoms with Gasteiger partial charge in [-0.05, 0) is 38.0 Å². The van der Waals surface area contributed by atoms with Gasteiger partial charge >= 0.3 is 0 Å². The highest BCUT2D eigenvalue weighted by molar-refractivity contribution is 5.93. The molecule has 0 aliphatic heterocycles. The summed E-state index contributed by atoms with van der Waals surface area (Å²) in [6.45, 7) is 5.59. The Balaban J connectivity index is 1.85. The van der Waals surface area contributed by atoms with Crippen LogP contribution in [0.5, 0.6) is 0 Å². The standard InChI is InChI=1S/C19H19N5O3/c1-12-7-4-5-10-17(12)13(2)20-19(25)18-14(3)23(22-21-18)15-8-6-9-16(11-15)24(26)27/h4-11,13H,1-3H3,(H,20,25). The quantitative estimate of drug-likeness (QED) is 0.552. The van der Waals surface area contributed by atoms with Crippen molar-refractivity contribution in [3.05, 3.63) is 81.2 Å². The molecule has 8 nitrogen and oxygen atoms in total. The van der Waals surface area contributed by atoms with Gasteiger partial charge in [0.25, 0.3) is 11.6 Å². The minimum atomic E-state index is -0.479. The van der Waals surface area contributed by atoms with Crippen molar-refractivity contribution in [2.24, 2.45) is 0 Å². The Kier molecular flexibility index (Phi) is 4.98. The highest BCUT2D eigenvalue weighted by atomic mass is 16.6. The Morgan fingerprint density at radius 3 is 2.63 bits per heavy atom. The Morgan fingerprint density at radius 2 is 1.93 bits per heavy atom. The van der Waals surface area contributed by atoms with E-state index in [2.05, 4.69) is 15.6 Å². The fraction of sp³-hybridized carbons (Fsp3) is 0.211. The van der Waals surface area contributed by atoms with E-state index in [9.17, 15) is 14.9 Å². The third-order valence-corrected chi connectivity index (χ3v) is 4.40. The lowest BCUT2D eigenvalue weighted by molar-refractivity contribution is -0.384. The van der Waals surface area contributed by atoms with Crippen LogP contribution in [0.1, 0.15) is 40.3 Å². The van der Waals surface area contributed by atoms with E-state index in [0.29, 0.717) is 11.4 Å². The molecule has 3 aromatic rings. The monoisotopic (exact) mass is 365 g/mol. The Hall–Kier alpha value is -3.55. The lowest BCUT2D eigenvalue weighted by atomic mass is 10.0. The van der Waals surface area contributed by atoms with Crippen LogP contribution in [0.15, 0.2) is 48.5 Å². The van der Waals surface area contributed by atoms with Crippen molar-refractivity contribution >= 4 is 11.6 Å². The Morgan fingerprint density at radius 1 is 1.19 bits per heavy atom. The summed E-state index contributed by atoms with van der Waals surface area (Å²) in [5, 5.41) is 21.8. The first-order chi connectivity index (χ1) is 12.9. The number of hydrogen-bond acceptors (Lipinski definition) is 5. The van der Waals surface area contributed by atoms with Gasteiger partial charge in [-0.1, -0.05) is 35.5 Å². The van der Waals surface area contributed by atoms with E-state index in [0.717, 1.165) is 11.1 Å². The zero-order chi connectivity index (χ0) is 19.6. The number of hydrogen-bond donors (Lipinski definition) is 1. The van der Waals surface area contributed by atoms with Crippen LogP contribution in [0.25, 0.3) is 5.69 Å². The van der Waals surface area contributed by atoms with Crippen LogP contribution in [-0.4, -0.2) is 25.8 Å². The number of nitro benzene ring substituents is 1. The molecule has 0 saturated carbocycles. The molecule has 138 valence electrons. The summed E-state index contributed by atoms with van der Waals surface area (Å²) in [6, 6.07) is 13.7. The van der Waals surface area contributed by atoms with Crippen molar-refractivity contribution in [1.82, 2.24) is 20.3 Å². The maximum Gasteiger partial charge on any atom is 0.274 e. The second-order valence-corrected chi connectivity index (χ2v) is 6.26. The SMILES string of the molecule is Cc1ccccc1C(C)NC(=O)c1nnn(-c2cccc([N+](=O)[O-])c2)c1C. The van der Waals surface area contributed by atoms with E-state index in [1.165, 1.54) is 16.8 Å². The van der Waals surface area contributed by atoms with Gasteiger partial charge in [-0.3, -0.25) is 14.9 Å². The molecule has 1 heterocycles. The number of aromatic nitrogens is 3. The average Bonchev–Trinajstić information content (AvgIpc) is 3.03. The molecular weight excluding hydrogens is 346 g/mol. The van der Waals surface area contributed by atoms with Gasteiger partial charge in [0.2, 0.25) is 0 Å². The number of amides is 1. The van der Waals surface area contributed by atoms with Gasteiger partial charge in [-0.2, -0.15) is 0 Å². The molecule has 0 saturated heterocycles. The first kappa shape index (κ1) is 18.2. The van der Waals surface area contributed by atoms with Crippen molar-refractivity contribution in [2.45, 2.75) is 26.8 Å². The van der Waals surface area contributed by atoms with Crippen LogP contribution < -0.4 is 5.32 Å². The second kappa shape index (κ2) is 7.36. The molecule has 3 rings (SSSR count). The molecule has 0 aliphatic rings. The second-order valence-electron chi connectivity index (χ2n) is 6.26. The van der Waals surface area contributed by atoms with Gasteiger partial charge < -0.3 is 5.32 Å². The molecule has 8 heteroatoms. The minimum absolute atomic E-state index is 0.0541. The predicted octanol–water partition coefficient (Wildman–Crippen LogP) is 3.28. The lowest BCUT2D eigenvalue weighted by Gasteiger charge is -2.16. The third-order valence-electron chi connectivity index (χ3n) is 4.40. The summed E-state index contributed by atoms with van der Waals surface area (Å²) < 4.78 is 1.42. The molecule has 0 fully saturated rings. The fourth-order valence-electron chi connectivity index (χ4n) is 2.94. The molecule has 1 N–H and O–H groups in total. The average molecular weight is 365 g/mol. The number of carbonyl (C=O) groups excluding carboxylic acids is 1. The molecule has 1 unspecified atom stereocenters. The van der Waals surface area contributed by atoms with Crippen LogP contribution in [0, 0.1) is 24.0 Å². The highest BCUT2D eigenvalue weighted by Gasteiger charge is 2.20. The Bertz CT molecular complexity index is 1010. The van der Waals surface area contributed by atoms with Crippen LogP contribution >= 0.6 is 0 Å². The smallest absolute Gasteiger partial charge is 0.274 e. The first-order valence-electron chi connectivity index (χ1n) is 8.42. The predicted molar refractivity (Wildman–Crippen MR) is 99.8 cm³/mol. The van der Waals surface area contributed by atoms with Crippen LogP contribution in [-0.2, 0) is 0 Å². The zero-order valence-corrected chi connectivity index (χ0v) is 15.2. The highest BCUT2D eigenvalue weighted by Crippen LogP contribution is 2.20. The fourth-order valence-corrected chi connectivity index (χ4v) is 2.94.